The number of methoxy groups -OCH3 is 1. The third kappa shape index (κ3) is 6.22. The van der Waals surface area contributed by atoms with Crippen molar-refractivity contribution in [1.82, 2.24) is 20.1 Å². The zero-order valence-corrected chi connectivity index (χ0v) is 20.0. The summed E-state index contributed by atoms with van der Waals surface area (Å²) >= 11 is 1.70. The fraction of sp³-hybridized carbons (Fsp3) is 0.440. The van der Waals surface area contributed by atoms with Crippen molar-refractivity contribution in [2.45, 2.75) is 30.3 Å². The van der Waals surface area contributed by atoms with E-state index in [1.54, 1.807) is 31.3 Å². The molecule has 0 aliphatic carbocycles. The first-order valence-electron chi connectivity index (χ1n) is 11.5. The van der Waals surface area contributed by atoms with Crippen molar-refractivity contribution >= 4 is 28.6 Å². The van der Waals surface area contributed by atoms with Gasteiger partial charge in [-0.1, -0.05) is 6.07 Å². The number of ether oxygens (including phenoxy) is 1. The van der Waals surface area contributed by atoms with Crippen LogP contribution in [-0.4, -0.2) is 68.8 Å². The Morgan fingerprint density at radius 1 is 1.26 bits per heavy atom. The number of pyridine rings is 1. The first kappa shape index (κ1) is 24.4. The Hall–Kier alpha value is -2.75. The molecule has 0 bridgehead atoms. The monoisotopic (exact) mass is 482 g/mol. The van der Waals surface area contributed by atoms with Gasteiger partial charge in [0.05, 0.1) is 42.7 Å². The van der Waals surface area contributed by atoms with Gasteiger partial charge in [0, 0.05) is 29.1 Å². The number of carboxylic acids is 1. The van der Waals surface area contributed by atoms with Gasteiger partial charge in [-0.15, -0.1) is 11.8 Å². The smallest absolute Gasteiger partial charge is 0.308 e. The van der Waals surface area contributed by atoms with Crippen molar-refractivity contribution in [2.24, 2.45) is 11.8 Å². The van der Waals surface area contributed by atoms with Crippen molar-refractivity contribution in [3.8, 4) is 5.75 Å². The van der Waals surface area contributed by atoms with E-state index in [9.17, 15) is 15.0 Å². The Morgan fingerprint density at radius 3 is 2.91 bits per heavy atom. The van der Waals surface area contributed by atoms with Crippen LogP contribution in [-0.2, 0) is 4.79 Å². The molecule has 0 spiro atoms. The molecular formula is C25H30N4O4S. The van der Waals surface area contributed by atoms with Gasteiger partial charge in [-0.3, -0.25) is 9.78 Å². The Morgan fingerprint density at radius 2 is 2.15 bits per heavy atom. The van der Waals surface area contributed by atoms with E-state index in [2.05, 4.69) is 20.1 Å². The van der Waals surface area contributed by atoms with Gasteiger partial charge < -0.3 is 19.8 Å². The van der Waals surface area contributed by atoms with Crippen molar-refractivity contribution in [1.29, 1.82) is 0 Å². The second-order valence-corrected chi connectivity index (χ2v) is 9.78. The molecule has 2 aromatic heterocycles. The van der Waals surface area contributed by atoms with Crippen LogP contribution in [0.1, 0.15) is 31.1 Å². The minimum Gasteiger partial charge on any atom is -0.497 e. The number of nitrogens with zero attached hydrogens (tertiary/aromatic N) is 4. The highest BCUT2D eigenvalue weighted by Gasteiger charge is 2.34. The average Bonchev–Trinajstić information content (AvgIpc) is 2.87. The van der Waals surface area contributed by atoms with Gasteiger partial charge in [0.2, 0.25) is 0 Å². The lowest BCUT2D eigenvalue weighted by atomic mass is 9.81. The normalized spacial score (nSPS) is 19.7. The molecule has 8 nitrogen and oxygen atoms in total. The van der Waals surface area contributed by atoms with Crippen molar-refractivity contribution in [3.05, 3.63) is 54.5 Å². The highest BCUT2D eigenvalue weighted by Crippen LogP contribution is 2.32. The molecule has 3 aromatic rings. The lowest BCUT2D eigenvalue weighted by Gasteiger charge is -2.36. The fourth-order valence-electron chi connectivity index (χ4n) is 4.50. The number of hydrogen-bond donors (Lipinski definition) is 2. The SMILES string of the molecule is COc1ccc2nc(C(O)CCC3CCN(CCSc4ccnnc4)CC3C(=O)O)ccc2c1. The Labute approximate surface area is 203 Å². The number of carbonyl (C=O) groups is 1. The van der Waals surface area contributed by atoms with Crippen LogP contribution in [0, 0.1) is 11.8 Å². The fourth-order valence-corrected chi connectivity index (χ4v) is 5.37. The molecule has 1 aromatic carbocycles. The minimum atomic E-state index is -0.757. The zero-order chi connectivity index (χ0) is 23.9. The maximum Gasteiger partial charge on any atom is 0.308 e. The summed E-state index contributed by atoms with van der Waals surface area (Å²) in [5.74, 6) is 0.506. The van der Waals surface area contributed by atoms with E-state index >= 15 is 0 Å². The first-order valence-corrected chi connectivity index (χ1v) is 12.5. The first-order chi connectivity index (χ1) is 16.5. The van der Waals surface area contributed by atoms with Crippen molar-refractivity contribution in [3.63, 3.8) is 0 Å². The summed E-state index contributed by atoms with van der Waals surface area (Å²) < 4.78 is 5.25. The predicted octanol–water partition coefficient (Wildman–Crippen LogP) is 3.66. The van der Waals surface area contributed by atoms with Gasteiger partial charge in [0.15, 0.2) is 0 Å². The molecule has 180 valence electrons. The molecule has 0 amide bonds. The molecular weight excluding hydrogens is 452 g/mol. The summed E-state index contributed by atoms with van der Waals surface area (Å²) in [7, 11) is 1.63. The number of aliphatic hydroxyl groups is 1. The summed E-state index contributed by atoms with van der Waals surface area (Å²) in [4.78, 5) is 19.9. The van der Waals surface area contributed by atoms with Gasteiger partial charge in [0.1, 0.15) is 5.75 Å². The number of rotatable bonds is 10. The summed E-state index contributed by atoms with van der Waals surface area (Å²) in [6, 6.07) is 11.3. The molecule has 1 fully saturated rings. The largest absolute Gasteiger partial charge is 0.497 e. The molecule has 2 N–H and O–H groups in total. The maximum atomic E-state index is 12.0. The van der Waals surface area contributed by atoms with E-state index in [1.165, 1.54) is 0 Å². The summed E-state index contributed by atoms with van der Waals surface area (Å²) in [5, 5.41) is 29.2. The van der Waals surface area contributed by atoms with Crippen LogP contribution in [0.3, 0.4) is 0 Å². The van der Waals surface area contributed by atoms with E-state index in [0.29, 0.717) is 25.1 Å². The lowest BCUT2D eigenvalue weighted by molar-refractivity contribution is -0.146. The Kier molecular flexibility index (Phi) is 8.31. The standard InChI is InChI=1S/C25H30N4O4S/c1-33-19-4-6-22-18(14-19)2-5-23(28-22)24(30)7-3-17-9-11-29(16-21(17)25(31)32)12-13-34-20-8-10-26-27-15-20/h2,4-6,8,10,14-15,17,21,24,30H,3,7,9,11-13,16H2,1H3,(H,31,32). The number of benzene rings is 1. The lowest BCUT2D eigenvalue weighted by Crippen LogP contribution is -2.44. The number of aromatic nitrogens is 3. The molecule has 9 heteroatoms. The molecule has 1 aliphatic rings. The molecule has 1 aliphatic heterocycles. The van der Waals surface area contributed by atoms with E-state index in [1.807, 2.05) is 36.4 Å². The maximum absolute atomic E-state index is 12.0. The van der Waals surface area contributed by atoms with Crippen LogP contribution in [0.5, 0.6) is 5.75 Å². The van der Waals surface area contributed by atoms with E-state index in [4.69, 9.17) is 4.74 Å². The van der Waals surface area contributed by atoms with Gasteiger partial charge in [-0.05, 0) is 62.1 Å². The molecule has 4 rings (SSSR count). The van der Waals surface area contributed by atoms with Crippen molar-refractivity contribution < 1.29 is 19.7 Å². The summed E-state index contributed by atoms with van der Waals surface area (Å²) in [6.07, 6.45) is 4.66. The average molecular weight is 483 g/mol. The number of aliphatic carboxylic acids is 1. The molecule has 0 saturated carbocycles. The molecule has 34 heavy (non-hydrogen) atoms. The second kappa shape index (κ2) is 11.6. The number of thioether (sulfide) groups is 1. The van der Waals surface area contributed by atoms with Gasteiger partial charge in [-0.25, -0.2) is 0 Å². The highest BCUT2D eigenvalue weighted by molar-refractivity contribution is 7.99. The number of aliphatic hydroxyl groups excluding tert-OH is 1. The third-order valence-corrected chi connectivity index (χ3v) is 7.42. The van der Waals surface area contributed by atoms with Crippen LogP contribution in [0.25, 0.3) is 10.9 Å². The van der Waals surface area contributed by atoms with Gasteiger partial charge in [0.25, 0.3) is 0 Å². The van der Waals surface area contributed by atoms with Crippen LogP contribution in [0.2, 0.25) is 0 Å². The number of piperidine rings is 1. The van der Waals surface area contributed by atoms with E-state index in [0.717, 1.165) is 46.8 Å². The Balaban J connectivity index is 1.29. The number of hydrogen-bond acceptors (Lipinski definition) is 8. The van der Waals surface area contributed by atoms with Crippen LogP contribution in [0.4, 0.5) is 0 Å². The van der Waals surface area contributed by atoms with Gasteiger partial charge >= 0.3 is 5.97 Å². The van der Waals surface area contributed by atoms with Crippen LogP contribution in [0.15, 0.2) is 53.7 Å². The molecule has 0 radical (unpaired) electrons. The third-order valence-electron chi connectivity index (χ3n) is 6.46. The summed E-state index contributed by atoms with van der Waals surface area (Å²) in [5.41, 5.74) is 1.42. The molecule has 3 atom stereocenters. The number of likely N-dealkylation sites (tertiary alicyclic amines) is 1. The number of fused-ring (bicyclic) bond motifs is 1. The molecule has 3 unspecified atom stereocenters. The predicted molar refractivity (Wildman–Crippen MR) is 131 cm³/mol. The molecule has 1 saturated heterocycles. The molecule has 3 heterocycles. The topological polar surface area (TPSA) is 109 Å². The van der Waals surface area contributed by atoms with Crippen molar-refractivity contribution in [2.75, 3.05) is 32.5 Å². The zero-order valence-electron chi connectivity index (χ0n) is 19.2. The summed E-state index contributed by atoms with van der Waals surface area (Å²) in [6.45, 7) is 2.25. The number of carboxylic acid groups (broad SMARTS) is 1. The Bertz CT molecular complexity index is 1100. The highest BCUT2D eigenvalue weighted by atomic mass is 32.2. The van der Waals surface area contributed by atoms with Crippen LogP contribution >= 0.6 is 11.8 Å². The van der Waals surface area contributed by atoms with E-state index < -0.39 is 18.0 Å². The van der Waals surface area contributed by atoms with Crippen LogP contribution < -0.4 is 4.74 Å². The second-order valence-electron chi connectivity index (χ2n) is 8.61. The quantitative estimate of drug-likeness (QED) is 0.418. The minimum absolute atomic E-state index is 0.0465. The van der Waals surface area contributed by atoms with Gasteiger partial charge in [-0.2, -0.15) is 10.2 Å². The van der Waals surface area contributed by atoms with E-state index in [-0.39, 0.29) is 5.92 Å².